The summed E-state index contributed by atoms with van der Waals surface area (Å²) in [7, 11) is -3.71. The van der Waals surface area contributed by atoms with E-state index in [-0.39, 0.29) is 17.1 Å². The number of benzene rings is 3. The predicted octanol–water partition coefficient (Wildman–Crippen LogP) is 4.21. The Bertz CT molecular complexity index is 1100. The van der Waals surface area contributed by atoms with E-state index in [1.807, 2.05) is 0 Å². The first-order chi connectivity index (χ1) is 13.3. The summed E-state index contributed by atoms with van der Waals surface area (Å²) < 4.78 is 40.7. The molecule has 0 bridgehead atoms. The highest BCUT2D eigenvalue weighted by Gasteiger charge is 2.14. The Kier molecular flexibility index (Phi) is 6.08. The highest BCUT2D eigenvalue weighted by Crippen LogP contribution is 2.17. The van der Waals surface area contributed by atoms with E-state index in [1.165, 1.54) is 30.3 Å². The zero-order valence-electron chi connectivity index (χ0n) is 14.5. The minimum atomic E-state index is -3.71. The van der Waals surface area contributed by atoms with Crippen LogP contribution in [0.5, 0.6) is 0 Å². The number of halogens is 2. The highest BCUT2D eigenvalue weighted by atomic mass is 35.5. The molecule has 0 saturated heterocycles. The van der Waals surface area contributed by atoms with E-state index in [4.69, 9.17) is 11.6 Å². The summed E-state index contributed by atoms with van der Waals surface area (Å²) >= 11 is 5.83. The molecule has 0 aromatic heterocycles. The second-order valence-electron chi connectivity index (χ2n) is 5.91. The van der Waals surface area contributed by atoms with Gasteiger partial charge in [-0.05, 0) is 48.0 Å². The SMILES string of the molecule is O=C(Nc1ccccc1F)c1ccc(CNS(=O)(=O)c2cccc(Cl)c2)cc1. The molecular weight excluding hydrogens is 403 g/mol. The van der Waals surface area contributed by atoms with E-state index in [0.29, 0.717) is 16.1 Å². The highest BCUT2D eigenvalue weighted by molar-refractivity contribution is 7.89. The van der Waals surface area contributed by atoms with Gasteiger partial charge in [0.15, 0.2) is 0 Å². The summed E-state index contributed by atoms with van der Waals surface area (Å²) in [4.78, 5) is 12.3. The molecule has 144 valence electrons. The third kappa shape index (κ3) is 4.95. The molecule has 5 nitrogen and oxygen atoms in total. The maximum absolute atomic E-state index is 13.6. The van der Waals surface area contributed by atoms with Gasteiger partial charge in [0, 0.05) is 17.1 Å². The molecule has 3 aromatic carbocycles. The predicted molar refractivity (Wildman–Crippen MR) is 106 cm³/mol. The van der Waals surface area contributed by atoms with Gasteiger partial charge in [0.2, 0.25) is 10.0 Å². The molecule has 1 amide bonds. The van der Waals surface area contributed by atoms with Crippen molar-refractivity contribution in [2.75, 3.05) is 5.32 Å². The summed E-state index contributed by atoms with van der Waals surface area (Å²) in [6.07, 6.45) is 0. The lowest BCUT2D eigenvalue weighted by atomic mass is 10.1. The molecule has 0 aliphatic heterocycles. The first kappa shape index (κ1) is 20.0. The van der Waals surface area contributed by atoms with Crippen LogP contribution in [0.4, 0.5) is 10.1 Å². The molecular formula is C20H16ClFN2O3S. The van der Waals surface area contributed by atoms with Gasteiger partial charge in [0.05, 0.1) is 10.6 Å². The molecule has 0 fully saturated rings. The zero-order valence-corrected chi connectivity index (χ0v) is 16.1. The lowest BCUT2D eigenvalue weighted by Gasteiger charge is -2.09. The second-order valence-corrected chi connectivity index (χ2v) is 8.12. The van der Waals surface area contributed by atoms with Crippen molar-refractivity contribution in [2.24, 2.45) is 0 Å². The molecule has 2 N–H and O–H groups in total. The summed E-state index contributed by atoms with van der Waals surface area (Å²) in [5.41, 5.74) is 1.07. The number of amides is 1. The molecule has 0 heterocycles. The molecule has 0 atom stereocenters. The number of rotatable bonds is 6. The number of nitrogens with one attached hydrogen (secondary N) is 2. The van der Waals surface area contributed by atoms with E-state index in [0.717, 1.165) is 0 Å². The first-order valence-electron chi connectivity index (χ1n) is 8.25. The van der Waals surface area contributed by atoms with E-state index >= 15 is 0 Å². The summed E-state index contributed by atoms with van der Waals surface area (Å²) in [5.74, 6) is -0.987. The van der Waals surface area contributed by atoms with Gasteiger partial charge in [-0.1, -0.05) is 41.9 Å². The van der Waals surface area contributed by atoms with Crippen molar-refractivity contribution in [3.8, 4) is 0 Å². The number of para-hydroxylation sites is 1. The Hall–Kier alpha value is -2.74. The molecule has 0 spiro atoms. The van der Waals surface area contributed by atoms with Crippen molar-refractivity contribution in [3.05, 3.63) is 94.8 Å². The normalized spacial score (nSPS) is 11.2. The van der Waals surface area contributed by atoms with Crippen LogP contribution < -0.4 is 10.0 Å². The number of sulfonamides is 1. The fraction of sp³-hybridized carbons (Fsp3) is 0.0500. The topological polar surface area (TPSA) is 75.3 Å². The van der Waals surface area contributed by atoms with E-state index < -0.39 is 21.7 Å². The third-order valence-corrected chi connectivity index (χ3v) is 5.54. The van der Waals surface area contributed by atoms with Crippen molar-refractivity contribution in [1.82, 2.24) is 4.72 Å². The molecule has 8 heteroatoms. The maximum Gasteiger partial charge on any atom is 0.255 e. The average Bonchev–Trinajstić information content (AvgIpc) is 2.68. The van der Waals surface area contributed by atoms with Crippen LogP contribution in [0, 0.1) is 5.82 Å². The number of carbonyl (C=O) groups excluding carboxylic acids is 1. The molecule has 0 saturated carbocycles. The van der Waals surface area contributed by atoms with E-state index in [1.54, 1.807) is 42.5 Å². The smallest absolute Gasteiger partial charge is 0.255 e. The Morgan fingerprint density at radius 3 is 2.36 bits per heavy atom. The van der Waals surface area contributed by atoms with E-state index in [2.05, 4.69) is 10.0 Å². The largest absolute Gasteiger partial charge is 0.319 e. The Morgan fingerprint density at radius 2 is 1.68 bits per heavy atom. The summed E-state index contributed by atoms with van der Waals surface area (Å²) in [6, 6.07) is 18.1. The fourth-order valence-electron chi connectivity index (χ4n) is 2.43. The molecule has 3 rings (SSSR count). The molecule has 0 unspecified atom stereocenters. The fourth-order valence-corrected chi connectivity index (χ4v) is 3.75. The number of carbonyl (C=O) groups is 1. The van der Waals surface area contributed by atoms with Gasteiger partial charge in [0.25, 0.3) is 5.91 Å². The molecule has 0 radical (unpaired) electrons. The molecule has 3 aromatic rings. The Balaban J connectivity index is 1.64. The van der Waals surface area contributed by atoms with Crippen LogP contribution in [-0.4, -0.2) is 14.3 Å². The van der Waals surface area contributed by atoms with Crippen molar-refractivity contribution in [1.29, 1.82) is 0 Å². The van der Waals surface area contributed by atoms with Crippen molar-refractivity contribution in [3.63, 3.8) is 0 Å². The maximum atomic E-state index is 13.6. The number of hydrogen-bond donors (Lipinski definition) is 2. The van der Waals surface area contributed by atoms with Crippen molar-refractivity contribution >= 4 is 33.2 Å². The van der Waals surface area contributed by atoms with E-state index in [9.17, 15) is 17.6 Å². The van der Waals surface area contributed by atoms with Crippen LogP contribution in [0.2, 0.25) is 5.02 Å². The van der Waals surface area contributed by atoms with Gasteiger partial charge in [-0.15, -0.1) is 0 Å². The monoisotopic (exact) mass is 418 g/mol. The molecule has 28 heavy (non-hydrogen) atoms. The van der Waals surface area contributed by atoms with Gasteiger partial charge < -0.3 is 5.32 Å². The third-order valence-electron chi connectivity index (χ3n) is 3.91. The standard InChI is InChI=1S/C20H16ClFN2O3S/c21-16-4-3-5-17(12-16)28(26,27)23-13-14-8-10-15(11-9-14)20(25)24-19-7-2-1-6-18(19)22/h1-12,23H,13H2,(H,24,25). The summed E-state index contributed by atoms with van der Waals surface area (Å²) in [5, 5.41) is 2.82. The van der Waals surface area contributed by atoms with Gasteiger partial charge in [-0.25, -0.2) is 17.5 Å². The van der Waals surface area contributed by atoms with Crippen molar-refractivity contribution in [2.45, 2.75) is 11.4 Å². The van der Waals surface area contributed by atoms with Crippen LogP contribution in [0.3, 0.4) is 0 Å². The average molecular weight is 419 g/mol. The van der Waals surface area contributed by atoms with Crippen LogP contribution >= 0.6 is 11.6 Å². The Morgan fingerprint density at radius 1 is 0.964 bits per heavy atom. The lowest BCUT2D eigenvalue weighted by molar-refractivity contribution is 0.102. The number of anilines is 1. The summed E-state index contributed by atoms with van der Waals surface area (Å²) in [6.45, 7) is 0.0457. The van der Waals surface area contributed by atoms with Gasteiger partial charge in [-0.3, -0.25) is 4.79 Å². The molecule has 0 aliphatic carbocycles. The van der Waals surface area contributed by atoms with Crippen LogP contribution in [0.25, 0.3) is 0 Å². The van der Waals surface area contributed by atoms with Gasteiger partial charge in [0.1, 0.15) is 5.82 Å². The second kappa shape index (κ2) is 8.52. The van der Waals surface area contributed by atoms with Crippen LogP contribution in [0.1, 0.15) is 15.9 Å². The molecule has 0 aliphatic rings. The van der Waals surface area contributed by atoms with Gasteiger partial charge in [-0.2, -0.15) is 0 Å². The van der Waals surface area contributed by atoms with Gasteiger partial charge >= 0.3 is 0 Å². The zero-order chi connectivity index (χ0) is 20.1. The number of hydrogen-bond acceptors (Lipinski definition) is 3. The van der Waals surface area contributed by atoms with Crippen LogP contribution in [0.15, 0.2) is 77.7 Å². The Labute approximate surface area is 167 Å². The minimum Gasteiger partial charge on any atom is -0.319 e. The minimum absolute atomic E-state index is 0.0457. The quantitative estimate of drug-likeness (QED) is 0.629. The van der Waals surface area contributed by atoms with Crippen LogP contribution in [-0.2, 0) is 16.6 Å². The van der Waals surface area contributed by atoms with Crippen molar-refractivity contribution < 1.29 is 17.6 Å². The first-order valence-corrected chi connectivity index (χ1v) is 10.1. The lowest BCUT2D eigenvalue weighted by Crippen LogP contribution is -2.23.